The molecule has 6 heteroatoms. The van der Waals surface area contributed by atoms with E-state index in [9.17, 15) is 14.4 Å². The summed E-state index contributed by atoms with van der Waals surface area (Å²) in [7, 11) is 0. The van der Waals surface area contributed by atoms with Gasteiger partial charge in [0.2, 0.25) is 0 Å². The van der Waals surface area contributed by atoms with Crippen LogP contribution in [0.3, 0.4) is 0 Å². The Labute approximate surface area is 374 Å². The van der Waals surface area contributed by atoms with E-state index < -0.39 is 6.10 Å². The Morgan fingerprint density at radius 3 is 0.717 bits per heavy atom. The van der Waals surface area contributed by atoms with Crippen molar-refractivity contribution in [3.05, 3.63) is 0 Å². The minimum Gasteiger partial charge on any atom is -0.462 e. The summed E-state index contributed by atoms with van der Waals surface area (Å²) < 4.78 is 16.8. The number of unbranched alkanes of at least 4 members (excludes halogenated alkanes) is 30. The average molecular weight is 849 g/mol. The van der Waals surface area contributed by atoms with Gasteiger partial charge >= 0.3 is 17.9 Å². The van der Waals surface area contributed by atoms with Crippen LogP contribution >= 0.6 is 0 Å². The van der Waals surface area contributed by atoms with Crippen LogP contribution in [-0.4, -0.2) is 37.2 Å². The lowest BCUT2D eigenvalue weighted by Crippen LogP contribution is -2.30. The van der Waals surface area contributed by atoms with E-state index in [-0.39, 0.29) is 31.1 Å². The molecule has 0 rings (SSSR count). The van der Waals surface area contributed by atoms with Crippen molar-refractivity contribution in [3.63, 3.8) is 0 Å². The first-order chi connectivity index (χ1) is 29.1. The highest BCUT2D eigenvalue weighted by atomic mass is 16.6. The molecule has 0 bridgehead atoms. The third-order valence-corrected chi connectivity index (χ3v) is 12.1. The van der Waals surface area contributed by atoms with Gasteiger partial charge in [-0.05, 0) is 37.0 Å². The van der Waals surface area contributed by atoms with Crippen molar-refractivity contribution >= 4 is 17.9 Å². The maximum Gasteiger partial charge on any atom is 0.306 e. The van der Waals surface area contributed by atoms with Crippen molar-refractivity contribution in [2.24, 2.45) is 17.8 Å². The molecule has 60 heavy (non-hydrogen) atoms. The Morgan fingerprint density at radius 1 is 0.283 bits per heavy atom. The second kappa shape index (κ2) is 45.4. The highest BCUT2D eigenvalue weighted by Gasteiger charge is 2.19. The molecule has 0 saturated carbocycles. The number of carbonyl (C=O) groups excluding carboxylic acids is 3. The van der Waals surface area contributed by atoms with Crippen LogP contribution in [0.2, 0.25) is 0 Å². The zero-order valence-corrected chi connectivity index (χ0v) is 41.3. The Balaban J connectivity index is 4.25. The van der Waals surface area contributed by atoms with Gasteiger partial charge in [0.25, 0.3) is 0 Å². The van der Waals surface area contributed by atoms with Crippen molar-refractivity contribution in [2.45, 2.75) is 298 Å². The van der Waals surface area contributed by atoms with Crippen molar-refractivity contribution in [3.8, 4) is 0 Å². The average Bonchev–Trinajstić information content (AvgIpc) is 3.20. The number of rotatable bonds is 47. The lowest BCUT2D eigenvalue weighted by atomic mass is 10.0. The first-order valence-corrected chi connectivity index (χ1v) is 26.6. The van der Waals surface area contributed by atoms with E-state index in [2.05, 4.69) is 41.5 Å². The second-order valence-electron chi connectivity index (χ2n) is 19.9. The van der Waals surface area contributed by atoms with Crippen LogP contribution in [-0.2, 0) is 28.6 Å². The fourth-order valence-corrected chi connectivity index (χ4v) is 8.12. The normalized spacial score (nSPS) is 12.2. The van der Waals surface area contributed by atoms with Crippen molar-refractivity contribution in [1.29, 1.82) is 0 Å². The summed E-state index contributed by atoms with van der Waals surface area (Å²) in [4.78, 5) is 37.9. The number of carbonyl (C=O) groups is 3. The maximum atomic E-state index is 12.8. The molecule has 356 valence electrons. The van der Waals surface area contributed by atoms with E-state index in [1.54, 1.807) is 0 Å². The summed E-state index contributed by atoms with van der Waals surface area (Å²) in [5.74, 6) is 1.59. The Hall–Kier alpha value is -1.59. The molecule has 0 aromatic heterocycles. The second-order valence-corrected chi connectivity index (χ2v) is 19.9. The predicted octanol–water partition coefficient (Wildman–Crippen LogP) is 17.2. The van der Waals surface area contributed by atoms with Crippen LogP contribution in [0.15, 0.2) is 0 Å². The highest BCUT2D eigenvalue weighted by Crippen LogP contribution is 2.18. The fraction of sp³-hybridized carbons (Fsp3) is 0.944. The summed E-state index contributed by atoms with van der Waals surface area (Å²) in [6.07, 6.45) is 45.3. The van der Waals surface area contributed by atoms with Crippen molar-refractivity contribution in [1.82, 2.24) is 0 Å². The summed E-state index contributed by atoms with van der Waals surface area (Å²) in [6, 6.07) is 0. The summed E-state index contributed by atoms with van der Waals surface area (Å²) in [5.41, 5.74) is 0. The largest absolute Gasteiger partial charge is 0.462 e. The van der Waals surface area contributed by atoms with E-state index in [1.165, 1.54) is 173 Å². The molecule has 0 amide bonds. The summed E-state index contributed by atoms with van der Waals surface area (Å²) in [5, 5.41) is 0. The molecule has 0 N–H and O–H groups in total. The van der Waals surface area contributed by atoms with Gasteiger partial charge in [-0.3, -0.25) is 14.4 Å². The van der Waals surface area contributed by atoms with Crippen molar-refractivity contribution < 1.29 is 28.6 Å². The molecular weight excluding hydrogens is 745 g/mol. The Kier molecular flexibility index (Phi) is 44.2. The lowest BCUT2D eigenvalue weighted by molar-refractivity contribution is -0.167. The molecule has 0 saturated heterocycles. The molecule has 1 atom stereocenters. The predicted molar refractivity (Wildman–Crippen MR) is 256 cm³/mol. The number of esters is 3. The number of hydrogen-bond donors (Lipinski definition) is 0. The number of hydrogen-bond acceptors (Lipinski definition) is 6. The standard InChI is InChI=1S/C54H104O6/c1-48(2)40-34-28-22-18-14-10-7-8-12-16-20-24-31-37-43-52(55)58-46-51(47-59-53(56)44-38-32-27-26-30-36-42-50(5)6)60-54(57)45-39-33-25-21-17-13-9-11-15-19-23-29-35-41-49(3)4/h48-51H,7-47H2,1-6H3/t51-/m1/s1. The molecule has 0 aromatic rings. The molecule has 0 aliphatic heterocycles. The van der Waals surface area contributed by atoms with Crippen LogP contribution in [0.5, 0.6) is 0 Å². The van der Waals surface area contributed by atoms with Crippen molar-refractivity contribution in [2.75, 3.05) is 13.2 Å². The quantitative estimate of drug-likeness (QED) is 0.0345. The molecular formula is C54H104O6. The fourth-order valence-electron chi connectivity index (χ4n) is 8.12. The minimum atomic E-state index is -0.763. The molecule has 0 aliphatic carbocycles. The first-order valence-electron chi connectivity index (χ1n) is 26.6. The van der Waals surface area contributed by atoms with Gasteiger partial charge < -0.3 is 14.2 Å². The van der Waals surface area contributed by atoms with Gasteiger partial charge in [-0.2, -0.15) is 0 Å². The lowest BCUT2D eigenvalue weighted by Gasteiger charge is -2.18. The highest BCUT2D eigenvalue weighted by molar-refractivity contribution is 5.71. The monoisotopic (exact) mass is 849 g/mol. The van der Waals surface area contributed by atoms with Crippen LogP contribution in [0.1, 0.15) is 292 Å². The van der Waals surface area contributed by atoms with Gasteiger partial charge in [0.05, 0.1) is 0 Å². The van der Waals surface area contributed by atoms with Crippen LogP contribution in [0, 0.1) is 17.8 Å². The SMILES string of the molecule is CC(C)CCCCCCCCCCCCCCCCC(=O)OC[C@H](COC(=O)CCCCCCCCC(C)C)OC(=O)CCCCCCCCCCCCCCCC(C)C. The van der Waals surface area contributed by atoms with Gasteiger partial charge in [-0.25, -0.2) is 0 Å². The van der Waals surface area contributed by atoms with E-state index in [4.69, 9.17) is 14.2 Å². The summed E-state index contributed by atoms with van der Waals surface area (Å²) >= 11 is 0. The Morgan fingerprint density at radius 2 is 0.483 bits per heavy atom. The molecule has 6 nitrogen and oxygen atoms in total. The minimum absolute atomic E-state index is 0.0650. The molecule has 0 aromatic carbocycles. The molecule has 0 fully saturated rings. The molecule has 0 spiro atoms. The smallest absolute Gasteiger partial charge is 0.306 e. The van der Waals surface area contributed by atoms with Gasteiger partial charge in [-0.15, -0.1) is 0 Å². The van der Waals surface area contributed by atoms with E-state index in [0.29, 0.717) is 19.3 Å². The number of ether oxygens (including phenoxy) is 3. The van der Waals surface area contributed by atoms with Gasteiger partial charge in [0, 0.05) is 19.3 Å². The maximum absolute atomic E-state index is 12.8. The van der Waals surface area contributed by atoms with Crippen LogP contribution in [0.25, 0.3) is 0 Å². The molecule has 0 radical (unpaired) electrons. The van der Waals surface area contributed by atoms with Gasteiger partial charge in [-0.1, -0.05) is 253 Å². The third-order valence-electron chi connectivity index (χ3n) is 12.1. The summed E-state index contributed by atoms with van der Waals surface area (Å²) in [6.45, 7) is 13.7. The van der Waals surface area contributed by atoms with E-state index in [0.717, 1.165) is 75.5 Å². The van der Waals surface area contributed by atoms with E-state index >= 15 is 0 Å². The molecule has 0 unspecified atom stereocenters. The zero-order chi connectivity index (χ0) is 44.2. The third kappa shape index (κ3) is 47.5. The molecule has 0 aliphatic rings. The van der Waals surface area contributed by atoms with Gasteiger partial charge in [0.1, 0.15) is 13.2 Å². The van der Waals surface area contributed by atoms with Gasteiger partial charge in [0.15, 0.2) is 6.10 Å². The van der Waals surface area contributed by atoms with E-state index in [1.807, 2.05) is 0 Å². The van der Waals surface area contributed by atoms with Crippen LogP contribution in [0.4, 0.5) is 0 Å². The topological polar surface area (TPSA) is 78.9 Å². The zero-order valence-electron chi connectivity index (χ0n) is 41.3. The first kappa shape index (κ1) is 58.4. The van der Waals surface area contributed by atoms with Crippen LogP contribution < -0.4 is 0 Å². The Bertz CT molecular complexity index is 929. The molecule has 0 heterocycles.